The predicted molar refractivity (Wildman–Crippen MR) is 85.0 cm³/mol. The lowest BCUT2D eigenvalue weighted by Gasteiger charge is -2.38. The Morgan fingerprint density at radius 2 is 2.23 bits per heavy atom. The normalized spacial score (nSPS) is 22.5. The summed E-state index contributed by atoms with van der Waals surface area (Å²) in [5, 5.41) is 10.3. The first-order valence-corrected chi connectivity index (χ1v) is 7.88. The number of halogens is 1. The van der Waals surface area contributed by atoms with Crippen LogP contribution in [0.15, 0.2) is 18.3 Å². The summed E-state index contributed by atoms with van der Waals surface area (Å²) < 4.78 is 5.40. The number of nitrogens with zero attached hydrogens (tertiary/aromatic N) is 2. The van der Waals surface area contributed by atoms with Gasteiger partial charge in [0.1, 0.15) is 5.60 Å². The van der Waals surface area contributed by atoms with Gasteiger partial charge in [-0.25, -0.2) is 4.79 Å². The zero-order chi connectivity index (χ0) is 16.3. The Bertz CT molecular complexity index is 513. The number of ether oxygens (including phenoxy) is 1. The van der Waals surface area contributed by atoms with Crippen molar-refractivity contribution in [2.45, 2.75) is 38.7 Å². The molecule has 2 heterocycles. The first-order valence-electron chi connectivity index (χ1n) is 7.50. The van der Waals surface area contributed by atoms with Crippen molar-refractivity contribution in [3.8, 4) is 0 Å². The smallest absolute Gasteiger partial charge is 0.410 e. The quantitative estimate of drug-likeness (QED) is 0.907. The van der Waals surface area contributed by atoms with Crippen LogP contribution in [-0.4, -0.2) is 46.4 Å². The van der Waals surface area contributed by atoms with Gasteiger partial charge in [-0.2, -0.15) is 0 Å². The third kappa shape index (κ3) is 4.34. The summed E-state index contributed by atoms with van der Waals surface area (Å²) in [6.07, 6.45) is 2.04. The monoisotopic (exact) mass is 326 g/mol. The van der Waals surface area contributed by atoms with Crippen molar-refractivity contribution in [1.82, 2.24) is 9.88 Å². The predicted octanol–water partition coefficient (Wildman–Crippen LogP) is 3.07. The van der Waals surface area contributed by atoms with Crippen LogP contribution in [0.1, 0.15) is 38.8 Å². The Kier molecular flexibility index (Phi) is 5.29. The molecule has 1 aliphatic rings. The molecule has 0 saturated carbocycles. The number of carbonyl (C=O) groups excluding carboxylic acids is 1. The summed E-state index contributed by atoms with van der Waals surface area (Å²) in [4.78, 5) is 18.2. The number of rotatable bonds is 2. The Morgan fingerprint density at radius 1 is 1.50 bits per heavy atom. The molecule has 2 atom stereocenters. The summed E-state index contributed by atoms with van der Waals surface area (Å²) >= 11 is 5.87. The molecule has 6 heteroatoms. The second-order valence-corrected chi connectivity index (χ2v) is 7.10. The third-order valence-electron chi connectivity index (χ3n) is 3.75. The van der Waals surface area contributed by atoms with Gasteiger partial charge in [0.25, 0.3) is 0 Å². The molecule has 1 saturated heterocycles. The molecule has 1 fully saturated rings. The summed E-state index contributed by atoms with van der Waals surface area (Å²) in [6, 6.07) is 3.69. The maximum Gasteiger partial charge on any atom is 0.410 e. The number of likely N-dealkylation sites (tertiary alicyclic amines) is 1. The lowest BCUT2D eigenvalue weighted by atomic mass is 9.83. The molecule has 122 valence electrons. The molecule has 0 aromatic carbocycles. The second-order valence-electron chi connectivity index (χ2n) is 6.67. The lowest BCUT2D eigenvalue weighted by Crippen LogP contribution is -2.46. The summed E-state index contributed by atoms with van der Waals surface area (Å²) in [5.74, 6) is 0.0795. The van der Waals surface area contributed by atoms with Crippen LogP contribution in [0, 0.1) is 5.92 Å². The van der Waals surface area contributed by atoms with Crippen molar-refractivity contribution >= 4 is 17.7 Å². The van der Waals surface area contributed by atoms with Crippen LogP contribution in [0.4, 0.5) is 4.79 Å². The van der Waals surface area contributed by atoms with Gasteiger partial charge < -0.3 is 14.7 Å². The average Bonchev–Trinajstić information content (AvgIpc) is 2.45. The summed E-state index contributed by atoms with van der Waals surface area (Å²) in [5.41, 5.74) is 0.396. The van der Waals surface area contributed by atoms with Crippen LogP contribution in [0.25, 0.3) is 0 Å². The van der Waals surface area contributed by atoms with E-state index >= 15 is 0 Å². The van der Waals surface area contributed by atoms with Crippen LogP contribution in [-0.2, 0) is 4.74 Å². The van der Waals surface area contributed by atoms with E-state index in [1.165, 1.54) is 0 Å². The van der Waals surface area contributed by atoms with E-state index in [1.54, 1.807) is 17.2 Å². The molecule has 1 N–H and O–H groups in total. The third-order valence-corrected chi connectivity index (χ3v) is 3.97. The fourth-order valence-corrected chi connectivity index (χ4v) is 2.82. The molecule has 5 nitrogen and oxygen atoms in total. The van der Waals surface area contributed by atoms with E-state index in [0.717, 1.165) is 12.1 Å². The van der Waals surface area contributed by atoms with Crippen LogP contribution in [0.5, 0.6) is 0 Å². The highest BCUT2D eigenvalue weighted by Crippen LogP contribution is 2.32. The fraction of sp³-hybridized carbons (Fsp3) is 0.625. The molecule has 1 aromatic heterocycles. The zero-order valence-electron chi connectivity index (χ0n) is 13.3. The van der Waals surface area contributed by atoms with E-state index in [9.17, 15) is 9.90 Å². The van der Waals surface area contributed by atoms with E-state index in [1.807, 2.05) is 26.8 Å². The molecule has 0 radical (unpaired) electrons. The van der Waals surface area contributed by atoms with E-state index in [2.05, 4.69) is 4.98 Å². The van der Waals surface area contributed by atoms with E-state index in [-0.39, 0.29) is 24.5 Å². The van der Waals surface area contributed by atoms with Gasteiger partial charge in [0, 0.05) is 43.4 Å². The van der Waals surface area contributed by atoms with Gasteiger partial charge in [-0.05, 0) is 39.3 Å². The minimum Gasteiger partial charge on any atom is -0.444 e. The average molecular weight is 327 g/mol. The van der Waals surface area contributed by atoms with Crippen LogP contribution < -0.4 is 0 Å². The van der Waals surface area contributed by atoms with E-state index < -0.39 is 5.60 Å². The number of aliphatic hydroxyl groups excluding tert-OH is 1. The van der Waals surface area contributed by atoms with Gasteiger partial charge in [0.2, 0.25) is 0 Å². The maximum atomic E-state index is 12.2. The van der Waals surface area contributed by atoms with E-state index in [4.69, 9.17) is 16.3 Å². The number of amides is 1. The number of aromatic nitrogens is 1. The van der Waals surface area contributed by atoms with Gasteiger partial charge in [-0.3, -0.25) is 4.98 Å². The second kappa shape index (κ2) is 6.84. The minimum absolute atomic E-state index is 0.00821. The molecule has 0 unspecified atom stereocenters. The molecule has 1 aromatic rings. The number of hydrogen-bond acceptors (Lipinski definition) is 4. The summed E-state index contributed by atoms with van der Waals surface area (Å²) in [6.45, 7) is 6.62. The van der Waals surface area contributed by atoms with Crippen molar-refractivity contribution in [2.75, 3.05) is 19.7 Å². The maximum absolute atomic E-state index is 12.2. The molecule has 1 aliphatic heterocycles. The summed E-state index contributed by atoms with van der Waals surface area (Å²) in [7, 11) is 0. The van der Waals surface area contributed by atoms with Crippen LogP contribution in [0.3, 0.4) is 0 Å². The van der Waals surface area contributed by atoms with Crippen molar-refractivity contribution in [3.05, 3.63) is 29.0 Å². The number of piperidine rings is 1. The van der Waals surface area contributed by atoms with E-state index in [0.29, 0.717) is 18.1 Å². The molecule has 0 spiro atoms. The SMILES string of the molecule is CC(C)(C)OC(=O)N1CC[C@@H](c2ccc(Cl)cn2)[C@H](CO)C1. The first kappa shape index (κ1) is 17.0. The fourth-order valence-electron chi connectivity index (χ4n) is 2.71. The van der Waals surface area contributed by atoms with Crippen LogP contribution in [0.2, 0.25) is 5.02 Å². The van der Waals surface area contributed by atoms with Crippen molar-refractivity contribution in [2.24, 2.45) is 5.92 Å². The van der Waals surface area contributed by atoms with Gasteiger partial charge in [0.15, 0.2) is 0 Å². The minimum atomic E-state index is -0.514. The Morgan fingerprint density at radius 3 is 2.77 bits per heavy atom. The highest BCUT2D eigenvalue weighted by Gasteiger charge is 2.34. The van der Waals surface area contributed by atoms with Gasteiger partial charge in [-0.15, -0.1) is 0 Å². The number of hydrogen-bond donors (Lipinski definition) is 1. The lowest BCUT2D eigenvalue weighted by molar-refractivity contribution is 0.00995. The van der Waals surface area contributed by atoms with Gasteiger partial charge >= 0.3 is 6.09 Å². The molecule has 0 aliphatic carbocycles. The molecular weight excluding hydrogens is 304 g/mol. The Labute approximate surface area is 136 Å². The first-order chi connectivity index (χ1) is 10.3. The highest BCUT2D eigenvalue weighted by atomic mass is 35.5. The topological polar surface area (TPSA) is 62.7 Å². The van der Waals surface area contributed by atoms with Crippen molar-refractivity contribution in [3.63, 3.8) is 0 Å². The Hall–Kier alpha value is -1.33. The molecule has 1 amide bonds. The molecular formula is C16H23ClN2O3. The molecule has 22 heavy (non-hydrogen) atoms. The number of pyridine rings is 1. The molecule has 2 rings (SSSR count). The van der Waals surface area contributed by atoms with Crippen molar-refractivity contribution < 1.29 is 14.6 Å². The van der Waals surface area contributed by atoms with Gasteiger partial charge in [0.05, 0.1) is 5.02 Å². The largest absolute Gasteiger partial charge is 0.444 e. The highest BCUT2D eigenvalue weighted by molar-refractivity contribution is 6.30. The van der Waals surface area contributed by atoms with Crippen LogP contribution >= 0.6 is 11.6 Å². The standard InChI is InChI=1S/C16H23ClN2O3/c1-16(2,3)22-15(21)19-7-6-13(11(9-19)10-20)14-5-4-12(17)8-18-14/h4-5,8,11,13,20H,6-7,9-10H2,1-3H3/t11-,13+/m0/s1. The number of carbonyl (C=O) groups is 1. The zero-order valence-corrected chi connectivity index (χ0v) is 14.0. The Balaban J connectivity index is 2.05. The van der Waals surface area contributed by atoms with Crippen molar-refractivity contribution in [1.29, 1.82) is 0 Å². The molecule has 0 bridgehead atoms. The number of aliphatic hydroxyl groups is 1. The van der Waals surface area contributed by atoms with Gasteiger partial charge in [-0.1, -0.05) is 11.6 Å².